The Kier molecular flexibility index (Phi) is 4.24. The molecule has 2 unspecified atom stereocenters. The lowest BCUT2D eigenvalue weighted by atomic mass is 9.87. The molecule has 23 heavy (non-hydrogen) atoms. The monoisotopic (exact) mass is 312 g/mol. The van der Waals surface area contributed by atoms with Crippen LogP contribution >= 0.6 is 0 Å². The molecule has 0 saturated heterocycles. The highest BCUT2D eigenvalue weighted by atomic mass is 16.5. The van der Waals surface area contributed by atoms with E-state index in [2.05, 4.69) is 0 Å². The molecule has 4 heteroatoms. The molecule has 0 amide bonds. The highest BCUT2D eigenvalue weighted by Gasteiger charge is 2.37. The Bertz CT molecular complexity index is 706. The van der Waals surface area contributed by atoms with Crippen molar-refractivity contribution < 1.29 is 19.4 Å². The van der Waals surface area contributed by atoms with Gasteiger partial charge in [0.05, 0.1) is 20.1 Å². The molecule has 120 valence electrons. The molecule has 2 atom stereocenters. The number of methoxy groups -OCH3 is 2. The van der Waals surface area contributed by atoms with Gasteiger partial charge in [-0.2, -0.15) is 0 Å². The van der Waals surface area contributed by atoms with Gasteiger partial charge in [-0.1, -0.05) is 18.2 Å². The normalized spacial score (nSPS) is 19.2. The molecule has 0 fully saturated rings. The zero-order valence-electron chi connectivity index (χ0n) is 13.3. The molecule has 0 spiro atoms. The summed E-state index contributed by atoms with van der Waals surface area (Å²) in [7, 11) is 3.26. The van der Waals surface area contributed by atoms with Crippen LogP contribution in [0.1, 0.15) is 22.6 Å². The average molecular weight is 312 g/mol. The minimum atomic E-state index is -0.757. The second kappa shape index (κ2) is 6.32. The van der Waals surface area contributed by atoms with Crippen LogP contribution < -0.4 is 9.47 Å². The first-order chi connectivity index (χ1) is 11.1. The predicted molar refractivity (Wildman–Crippen MR) is 87.3 cm³/mol. The standard InChI is InChI=1S/C19H20O4/c1-22-15-5-3-12(4-6-15)9-14-10-13-11-16(23-2)7-8-17(13)18(14)19(20)21/h3-8,11,14,18H,9-10H2,1-2H3,(H,20,21). The first kappa shape index (κ1) is 15.4. The summed E-state index contributed by atoms with van der Waals surface area (Å²) in [4.78, 5) is 11.8. The Morgan fingerprint density at radius 2 is 1.74 bits per heavy atom. The molecular weight excluding hydrogens is 292 g/mol. The summed E-state index contributed by atoms with van der Waals surface area (Å²) in [6.45, 7) is 0. The maximum absolute atomic E-state index is 11.8. The quantitative estimate of drug-likeness (QED) is 0.920. The van der Waals surface area contributed by atoms with Crippen LogP contribution in [0.3, 0.4) is 0 Å². The second-order valence-corrected chi connectivity index (χ2v) is 5.90. The van der Waals surface area contributed by atoms with E-state index in [-0.39, 0.29) is 5.92 Å². The summed E-state index contributed by atoms with van der Waals surface area (Å²) in [5.41, 5.74) is 3.12. The van der Waals surface area contributed by atoms with Crippen LogP contribution in [0.15, 0.2) is 42.5 Å². The van der Waals surface area contributed by atoms with Gasteiger partial charge in [0.1, 0.15) is 11.5 Å². The summed E-state index contributed by atoms with van der Waals surface area (Å²) in [5.74, 6) is 0.425. The van der Waals surface area contributed by atoms with Gasteiger partial charge in [0.15, 0.2) is 0 Å². The van der Waals surface area contributed by atoms with E-state index in [4.69, 9.17) is 9.47 Å². The minimum Gasteiger partial charge on any atom is -0.497 e. The third-order valence-electron chi connectivity index (χ3n) is 4.56. The lowest BCUT2D eigenvalue weighted by molar-refractivity contribution is -0.139. The van der Waals surface area contributed by atoms with Crippen molar-refractivity contribution in [2.45, 2.75) is 18.8 Å². The fourth-order valence-electron chi connectivity index (χ4n) is 3.43. The van der Waals surface area contributed by atoms with Crippen molar-refractivity contribution in [3.8, 4) is 11.5 Å². The van der Waals surface area contributed by atoms with E-state index in [0.29, 0.717) is 0 Å². The fourth-order valence-corrected chi connectivity index (χ4v) is 3.43. The molecule has 0 bridgehead atoms. The van der Waals surface area contributed by atoms with Gasteiger partial charge < -0.3 is 14.6 Å². The number of rotatable bonds is 5. The topological polar surface area (TPSA) is 55.8 Å². The van der Waals surface area contributed by atoms with E-state index in [9.17, 15) is 9.90 Å². The van der Waals surface area contributed by atoms with Crippen molar-refractivity contribution in [3.05, 3.63) is 59.2 Å². The van der Waals surface area contributed by atoms with Crippen molar-refractivity contribution in [1.82, 2.24) is 0 Å². The zero-order valence-corrected chi connectivity index (χ0v) is 13.3. The summed E-state index contributed by atoms with van der Waals surface area (Å²) < 4.78 is 10.4. The average Bonchev–Trinajstić information content (AvgIpc) is 2.92. The summed E-state index contributed by atoms with van der Waals surface area (Å²) in [6.07, 6.45) is 1.49. The molecule has 0 aliphatic heterocycles. The predicted octanol–water partition coefficient (Wildman–Crippen LogP) is 3.29. The zero-order chi connectivity index (χ0) is 16.4. The Labute approximate surface area is 135 Å². The first-order valence-electron chi connectivity index (χ1n) is 7.65. The number of carbonyl (C=O) groups is 1. The molecule has 2 aromatic carbocycles. The summed E-state index contributed by atoms with van der Waals surface area (Å²) in [6, 6.07) is 13.5. The van der Waals surface area contributed by atoms with Crippen molar-refractivity contribution in [3.63, 3.8) is 0 Å². The molecule has 4 nitrogen and oxygen atoms in total. The molecule has 0 radical (unpaired) electrons. The fraction of sp³-hybridized carbons (Fsp3) is 0.316. The summed E-state index contributed by atoms with van der Waals surface area (Å²) >= 11 is 0. The third kappa shape index (κ3) is 3.02. The van der Waals surface area contributed by atoms with Crippen LogP contribution in [0.5, 0.6) is 11.5 Å². The third-order valence-corrected chi connectivity index (χ3v) is 4.56. The van der Waals surface area contributed by atoms with E-state index in [1.807, 2.05) is 42.5 Å². The van der Waals surface area contributed by atoms with Gasteiger partial charge in [-0.3, -0.25) is 4.79 Å². The Balaban J connectivity index is 1.85. The molecule has 0 aromatic heterocycles. The van der Waals surface area contributed by atoms with Gasteiger partial charge in [0.25, 0.3) is 0 Å². The smallest absolute Gasteiger partial charge is 0.311 e. The number of ether oxygens (including phenoxy) is 2. The SMILES string of the molecule is COc1ccc(CC2Cc3cc(OC)ccc3C2C(=O)O)cc1. The van der Waals surface area contributed by atoms with E-state index >= 15 is 0 Å². The van der Waals surface area contributed by atoms with Crippen LogP contribution in [-0.2, 0) is 17.6 Å². The van der Waals surface area contributed by atoms with E-state index in [1.165, 1.54) is 0 Å². The van der Waals surface area contributed by atoms with Gasteiger partial charge >= 0.3 is 5.97 Å². The molecule has 1 aliphatic carbocycles. The van der Waals surface area contributed by atoms with E-state index in [1.54, 1.807) is 14.2 Å². The molecule has 0 heterocycles. The molecule has 0 saturated carbocycles. The Hall–Kier alpha value is -2.49. The molecule has 3 rings (SSSR count). The van der Waals surface area contributed by atoms with Crippen LogP contribution in [0.4, 0.5) is 0 Å². The maximum atomic E-state index is 11.8. The van der Waals surface area contributed by atoms with Gasteiger partial charge in [0, 0.05) is 0 Å². The Morgan fingerprint density at radius 3 is 2.35 bits per heavy atom. The highest BCUT2D eigenvalue weighted by Crippen LogP contribution is 2.41. The number of hydrogen-bond donors (Lipinski definition) is 1. The van der Waals surface area contributed by atoms with Crippen LogP contribution in [-0.4, -0.2) is 25.3 Å². The van der Waals surface area contributed by atoms with Crippen molar-refractivity contribution >= 4 is 5.97 Å². The van der Waals surface area contributed by atoms with Crippen molar-refractivity contribution in [2.75, 3.05) is 14.2 Å². The number of carboxylic acid groups (broad SMARTS) is 1. The van der Waals surface area contributed by atoms with Gasteiger partial charge in [-0.15, -0.1) is 0 Å². The first-order valence-corrected chi connectivity index (χ1v) is 7.65. The van der Waals surface area contributed by atoms with Crippen LogP contribution in [0.2, 0.25) is 0 Å². The Morgan fingerprint density at radius 1 is 1.09 bits per heavy atom. The molecule has 2 aromatic rings. The number of hydrogen-bond acceptors (Lipinski definition) is 3. The molecule has 1 N–H and O–H groups in total. The van der Waals surface area contributed by atoms with Crippen LogP contribution in [0.25, 0.3) is 0 Å². The van der Waals surface area contributed by atoms with Crippen molar-refractivity contribution in [2.24, 2.45) is 5.92 Å². The number of fused-ring (bicyclic) bond motifs is 1. The lowest BCUT2D eigenvalue weighted by Crippen LogP contribution is -2.19. The maximum Gasteiger partial charge on any atom is 0.311 e. The van der Waals surface area contributed by atoms with Crippen molar-refractivity contribution in [1.29, 1.82) is 0 Å². The highest BCUT2D eigenvalue weighted by molar-refractivity contribution is 5.78. The van der Waals surface area contributed by atoms with E-state index in [0.717, 1.165) is 41.0 Å². The largest absolute Gasteiger partial charge is 0.497 e. The van der Waals surface area contributed by atoms with Gasteiger partial charge in [-0.25, -0.2) is 0 Å². The minimum absolute atomic E-state index is 0.0583. The lowest BCUT2D eigenvalue weighted by Gasteiger charge is -2.16. The summed E-state index contributed by atoms with van der Waals surface area (Å²) in [5, 5.41) is 9.67. The second-order valence-electron chi connectivity index (χ2n) is 5.90. The van der Waals surface area contributed by atoms with Gasteiger partial charge in [-0.05, 0) is 59.7 Å². The van der Waals surface area contributed by atoms with Crippen LogP contribution in [0, 0.1) is 5.92 Å². The number of aliphatic carboxylic acids is 1. The number of benzene rings is 2. The molecular formula is C19H20O4. The number of carboxylic acids is 1. The van der Waals surface area contributed by atoms with E-state index < -0.39 is 11.9 Å². The van der Waals surface area contributed by atoms with Gasteiger partial charge in [0.2, 0.25) is 0 Å². The molecule has 1 aliphatic rings.